The molecule has 3 aromatic rings. The van der Waals surface area contributed by atoms with Crippen LogP contribution in [0.4, 0.5) is 47.8 Å². The van der Waals surface area contributed by atoms with Gasteiger partial charge < -0.3 is 36.0 Å². The molecule has 0 unspecified atom stereocenters. The molecule has 11 nitrogen and oxygen atoms in total. The fourth-order valence-electron chi connectivity index (χ4n) is 4.96. The van der Waals surface area contributed by atoms with Gasteiger partial charge in [0.1, 0.15) is 11.6 Å². The van der Waals surface area contributed by atoms with Crippen molar-refractivity contribution < 1.29 is 60.7 Å². The fraction of sp³-hybridized carbons (Fsp3) is 0.250. The highest BCUT2D eigenvalue weighted by molar-refractivity contribution is 6.24. The minimum atomic E-state index is -4.97. The summed E-state index contributed by atoms with van der Waals surface area (Å²) in [6, 6.07) is 8.50. The van der Waals surface area contributed by atoms with E-state index in [9.17, 15) is 60.7 Å². The standard InChI is InChI=1S/C21H15F6N5O6.C7H7F/c22-9-2-7(1-8(3-9)19(25,26)27)16(33)29-11-4-12-15(14-10(11)5-28-17(14)34)32-18(31(12)6-13(23)24)30-20(35,36)21(32,37)38;1-6-2-4-7(8)5-3-6/h1-4,13,35-38H,5-6H2,(H,28,34)(H,29,33);2-5H,1H3. The van der Waals surface area contributed by atoms with Gasteiger partial charge in [0, 0.05) is 23.4 Å². The summed E-state index contributed by atoms with van der Waals surface area (Å²) in [5.74, 6) is -11.7. The van der Waals surface area contributed by atoms with Crippen molar-refractivity contribution in [3.63, 3.8) is 0 Å². The highest BCUT2D eigenvalue weighted by atomic mass is 19.4. The lowest BCUT2D eigenvalue weighted by atomic mass is 10.0. The lowest BCUT2D eigenvalue weighted by Gasteiger charge is -2.32. The number of aryl methyl sites for hydroxylation is 1. The average molecular weight is 657 g/mol. The van der Waals surface area contributed by atoms with Crippen LogP contribution in [0.2, 0.25) is 0 Å². The Bertz CT molecular complexity index is 1740. The van der Waals surface area contributed by atoms with Crippen LogP contribution in [0, 0.1) is 18.6 Å². The van der Waals surface area contributed by atoms with Crippen LogP contribution in [0.25, 0.3) is 0 Å². The predicted octanol–water partition coefficient (Wildman–Crippen LogP) is 3.01. The van der Waals surface area contributed by atoms with Crippen LogP contribution in [0.5, 0.6) is 0 Å². The Labute approximate surface area is 253 Å². The Morgan fingerprint density at radius 3 is 2.28 bits per heavy atom. The van der Waals surface area contributed by atoms with Crippen molar-refractivity contribution >= 4 is 34.8 Å². The molecule has 0 saturated heterocycles. The zero-order chi connectivity index (χ0) is 33.9. The normalized spacial score (nSPS) is 17.2. The SMILES string of the molecule is Cc1ccc(F)cc1.O=C(Nc1cc2c(c3c1CNC3=O)N1C(=NC(O)(O)C1(O)O)N2CC(F)F)c1cc(F)cc(C(F)(F)F)c1. The van der Waals surface area contributed by atoms with E-state index >= 15 is 0 Å². The van der Waals surface area contributed by atoms with E-state index in [0.717, 1.165) is 11.6 Å². The van der Waals surface area contributed by atoms with Crippen molar-refractivity contribution in [2.24, 2.45) is 4.99 Å². The maximum atomic E-state index is 13.8. The minimum Gasteiger partial charge on any atom is -0.348 e. The summed E-state index contributed by atoms with van der Waals surface area (Å²) in [6.07, 6.45) is -8.07. The number of benzene rings is 3. The van der Waals surface area contributed by atoms with E-state index in [0.29, 0.717) is 21.9 Å². The molecule has 0 radical (unpaired) electrons. The second kappa shape index (κ2) is 11.2. The van der Waals surface area contributed by atoms with Gasteiger partial charge in [-0.25, -0.2) is 22.5 Å². The van der Waals surface area contributed by atoms with Gasteiger partial charge in [-0.05, 0) is 43.3 Å². The van der Waals surface area contributed by atoms with Crippen molar-refractivity contribution in [1.29, 1.82) is 0 Å². The van der Waals surface area contributed by atoms with E-state index in [4.69, 9.17) is 0 Å². The molecule has 18 heteroatoms. The van der Waals surface area contributed by atoms with E-state index in [1.54, 1.807) is 12.1 Å². The Morgan fingerprint density at radius 2 is 1.70 bits per heavy atom. The lowest BCUT2D eigenvalue weighted by Crippen LogP contribution is -2.60. The van der Waals surface area contributed by atoms with Crippen LogP contribution in [0.3, 0.4) is 0 Å². The molecule has 3 aliphatic heterocycles. The molecular weight excluding hydrogens is 635 g/mol. The predicted molar refractivity (Wildman–Crippen MR) is 146 cm³/mol. The third kappa shape index (κ3) is 5.70. The molecule has 3 heterocycles. The van der Waals surface area contributed by atoms with Gasteiger partial charge in [0.05, 0.1) is 29.0 Å². The van der Waals surface area contributed by atoms with E-state index < -0.39 is 76.9 Å². The first-order valence-electron chi connectivity index (χ1n) is 13.1. The van der Waals surface area contributed by atoms with Gasteiger partial charge in [0.25, 0.3) is 18.2 Å². The molecule has 0 atom stereocenters. The molecule has 6 N–H and O–H groups in total. The van der Waals surface area contributed by atoms with Crippen molar-refractivity contribution in [2.45, 2.75) is 37.9 Å². The first-order valence-corrected chi connectivity index (χ1v) is 13.1. The van der Waals surface area contributed by atoms with Crippen LogP contribution >= 0.6 is 0 Å². The lowest BCUT2D eigenvalue weighted by molar-refractivity contribution is -0.339. The highest BCUT2D eigenvalue weighted by Gasteiger charge is 2.65. The van der Waals surface area contributed by atoms with Gasteiger partial charge in [0.15, 0.2) is 0 Å². The summed E-state index contributed by atoms with van der Waals surface area (Å²) in [7, 11) is 0. The first-order chi connectivity index (χ1) is 21.3. The van der Waals surface area contributed by atoms with Crippen molar-refractivity contribution in [2.75, 3.05) is 21.7 Å². The van der Waals surface area contributed by atoms with E-state index in [-0.39, 0.29) is 35.4 Å². The number of carbonyl (C=O) groups is 2. The van der Waals surface area contributed by atoms with Crippen LogP contribution in [-0.2, 0) is 12.7 Å². The summed E-state index contributed by atoms with van der Waals surface area (Å²) < 4.78 is 92.0. The largest absolute Gasteiger partial charge is 0.416 e. The molecule has 0 fully saturated rings. The highest BCUT2D eigenvalue weighted by Crippen LogP contribution is 2.52. The van der Waals surface area contributed by atoms with Gasteiger partial charge in [-0.2, -0.15) is 18.2 Å². The van der Waals surface area contributed by atoms with E-state index in [1.807, 2.05) is 6.92 Å². The minimum absolute atomic E-state index is 0.0584. The first kappa shape index (κ1) is 32.6. The molecule has 2 amide bonds. The second-order valence-electron chi connectivity index (χ2n) is 10.3. The van der Waals surface area contributed by atoms with Gasteiger partial charge in [-0.15, -0.1) is 0 Å². The molecule has 3 aliphatic rings. The molecule has 0 aromatic heterocycles. The van der Waals surface area contributed by atoms with E-state index in [2.05, 4.69) is 15.6 Å². The molecule has 3 aromatic carbocycles. The maximum Gasteiger partial charge on any atom is 0.416 e. The average Bonchev–Trinajstić information content (AvgIpc) is 3.53. The molecule has 6 rings (SSSR count). The smallest absolute Gasteiger partial charge is 0.348 e. The van der Waals surface area contributed by atoms with Crippen LogP contribution in [0.1, 0.15) is 37.4 Å². The molecule has 0 aliphatic carbocycles. The summed E-state index contributed by atoms with van der Waals surface area (Å²) in [4.78, 5) is 29.8. The van der Waals surface area contributed by atoms with Crippen LogP contribution in [0.15, 0.2) is 53.5 Å². The summed E-state index contributed by atoms with van der Waals surface area (Å²) in [5, 5.41) is 45.4. The summed E-state index contributed by atoms with van der Waals surface area (Å²) in [5.41, 5.74) is -2.64. The molecule has 0 spiro atoms. The molecule has 0 saturated carbocycles. The number of halogens is 7. The number of amides is 2. The Kier molecular flexibility index (Phi) is 7.96. The summed E-state index contributed by atoms with van der Waals surface area (Å²) in [6.45, 7) is 0.428. The number of nitrogens with zero attached hydrogens (tertiary/aromatic N) is 3. The second-order valence-corrected chi connectivity index (χ2v) is 10.3. The topological polar surface area (TPSA) is 158 Å². The monoisotopic (exact) mass is 657 g/mol. The molecule has 244 valence electrons. The van der Waals surface area contributed by atoms with Gasteiger partial charge in [0.2, 0.25) is 5.96 Å². The number of aliphatic hydroxyl groups is 4. The number of rotatable bonds is 4. The maximum absolute atomic E-state index is 13.8. The van der Waals surface area contributed by atoms with Crippen LogP contribution < -0.4 is 20.4 Å². The zero-order valence-electron chi connectivity index (χ0n) is 23.2. The number of fused-ring (bicyclic) bond motifs is 5. The van der Waals surface area contributed by atoms with Crippen molar-refractivity contribution in [1.82, 2.24) is 5.32 Å². The molecular formula is C28H22F7N5O6. The third-order valence-electron chi connectivity index (χ3n) is 7.08. The quantitative estimate of drug-likeness (QED) is 0.185. The molecule has 0 bridgehead atoms. The number of hydrogen-bond donors (Lipinski definition) is 6. The number of nitrogens with one attached hydrogen (secondary N) is 2. The number of hydrogen-bond acceptors (Lipinski definition) is 9. The zero-order valence-corrected chi connectivity index (χ0v) is 23.2. The number of guanidine groups is 1. The van der Waals surface area contributed by atoms with Gasteiger partial charge in [-0.3, -0.25) is 9.59 Å². The number of carbonyl (C=O) groups excluding carboxylic acids is 2. The Morgan fingerprint density at radius 1 is 1.04 bits per heavy atom. The van der Waals surface area contributed by atoms with Crippen molar-refractivity contribution in [3.05, 3.63) is 88.0 Å². The van der Waals surface area contributed by atoms with E-state index in [1.165, 1.54) is 12.1 Å². The number of aliphatic imine (C=N–C) groups is 1. The Hall–Kier alpha value is -4.78. The third-order valence-corrected chi connectivity index (χ3v) is 7.08. The summed E-state index contributed by atoms with van der Waals surface area (Å²) >= 11 is 0. The fourth-order valence-corrected chi connectivity index (χ4v) is 4.96. The van der Waals surface area contributed by atoms with Crippen molar-refractivity contribution in [3.8, 4) is 0 Å². The van der Waals surface area contributed by atoms with Gasteiger partial charge in [-0.1, -0.05) is 17.7 Å². The van der Waals surface area contributed by atoms with Crippen LogP contribution in [-0.4, -0.2) is 63.0 Å². The number of alkyl halides is 5. The number of anilines is 3. The molecule has 46 heavy (non-hydrogen) atoms. The van der Waals surface area contributed by atoms with Gasteiger partial charge >= 0.3 is 18.0 Å². The Balaban J connectivity index is 0.000000455.